The van der Waals surface area contributed by atoms with Crippen molar-refractivity contribution >= 4 is 11.8 Å². The molecular weight excluding hydrogens is 288 g/mol. The second-order valence-electron chi connectivity index (χ2n) is 5.21. The number of rotatable bonds is 7. The van der Waals surface area contributed by atoms with Gasteiger partial charge < -0.3 is 15.1 Å². The molecule has 0 saturated heterocycles. The second kappa shape index (κ2) is 7.45. The molecule has 1 atom stereocenters. The monoisotopic (exact) mass is 308 g/mol. The third-order valence-electron chi connectivity index (χ3n) is 3.72. The van der Waals surface area contributed by atoms with Crippen LogP contribution in [0.3, 0.4) is 0 Å². The summed E-state index contributed by atoms with van der Waals surface area (Å²) in [7, 11) is 1.84. The number of benzene rings is 1. The quantitative estimate of drug-likeness (QED) is 0.696. The van der Waals surface area contributed by atoms with Gasteiger partial charge in [-0.1, -0.05) is 30.3 Å². The zero-order valence-electron chi connectivity index (χ0n) is 13.1. The van der Waals surface area contributed by atoms with Gasteiger partial charge >= 0.3 is 0 Å². The van der Waals surface area contributed by atoms with Crippen LogP contribution in [0, 0.1) is 0 Å². The van der Waals surface area contributed by atoms with Gasteiger partial charge in [0.2, 0.25) is 5.95 Å². The lowest BCUT2D eigenvalue weighted by atomic mass is 9.93. The summed E-state index contributed by atoms with van der Waals surface area (Å²) in [6, 6.07) is 16.2. The highest BCUT2D eigenvalue weighted by Crippen LogP contribution is 2.28. The fraction of sp³-hybridized carbons (Fsp3) is 0.222. The number of hydrogen-bond donors (Lipinski definition) is 2. The van der Waals surface area contributed by atoms with Gasteiger partial charge in [-0.15, -0.1) is 0 Å². The normalized spacial score (nSPS) is 11.9. The Labute approximate surface area is 135 Å². The molecule has 1 unspecified atom stereocenters. The smallest absolute Gasteiger partial charge is 0.224 e. The number of nitrogens with one attached hydrogen (secondary N) is 2. The molecule has 0 saturated carbocycles. The van der Waals surface area contributed by atoms with Crippen molar-refractivity contribution in [2.24, 2.45) is 0 Å². The third kappa shape index (κ3) is 3.88. The van der Waals surface area contributed by atoms with E-state index in [1.807, 2.05) is 31.3 Å². The molecule has 118 valence electrons. The van der Waals surface area contributed by atoms with Crippen molar-refractivity contribution in [1.82, 2.24) is 9.97 Å². The van der Waals surface area contributed by atoms with Gasteiger partial charge in [0.05, 0.1) is 6.26 Å². The maximum atomic E-state index is 5.62. The van der Waals surface area contributed by atoms with Gasteiger partial charge in [0, 0.05) is 25.7 Å². The van der Waals surface area contributed by atoms with E-state index in [0.29, 0.717) is 5.95 Å². The largest absolute Gasteiger partial charge is 0.469 e. The Morgan fingerprint density at radius 1 is 1.09 bits per heavy atom. The predicted molar refractivity (Wildman–Crippen MR) is 91.7 cm³/mol. The lowest BCUT2D eigenvalue weighted by Gasteiger charge is -2.15. The summed E-state index contributed by atoms with van der Waals surface area (Å²) in [4.78, 5) is 8.60. The fourth-order valence-corrected chi connectivity index (χ4v) is 2.56. The molecule has 2 aromatic heterocycles. The van der Waals surface area contributed by atoms with Gasteiger partial charge in [0.15, 0.2) is 0 Å². The van der Waals surface area contributed by atoms with Crippen molar-refractivity contribution in [2.75, 3.05) is 24.2 Å². The first-order valence-corrected chi connectivity index (χ1v) is 7.70. The van der Waals surface area contributed by atoms with E-state index in [9.17, 15) is 0 Å². The molecule has 0 aliphatic rings. The maximum Gasteiger partial charge on any atom is 0.224 e. The van der Waals surface area contributed by atoms with Gasteiger partial charge in [-0.25, -0.2) is 4.98 Å². The number of anilines is 2. The average Bonchev–Trinajstić information content (AvgIpc) is 3.14. The van der Waals surface area contributed by atoms with E-state index >= 15 is 0 Å². The number of hydrogen-bond acceptors (Lipinski definition) is 5. The van der Waals surface area contributed by atoms with Gasteiger partial charge in [-0.2, -0.15) is 4.98 Å². The Kier molecular flexibility index (Phi) is 4.88. The summed E-state index contributed by atoms with van der Waals surface area (Å²) in [6.07, 6.45) is 4.35. The maximum absolute atomic E-state index is 5.62. The Morgan fingerprint density at radius 3 is 2.70 bits per heavy atom. The van der Waals surface area contributed by atoms with Crippen LogP contribution < -0.4 is 10.6 Å². The number of aromatic nitrogens is 2. The number of furan rings is 1. The van der Waals surface area contributed by atoms with E-state index in [1.54, 1.807) is 12.5 Å². The van der Waals surface area contributed by atoms with Gasteiger partial charge in [0.1, 0.15) is 11.6 Å². The average molecular weight is 308 g/mol. The van der Waals surface area contributed by atoms with Crippen molar-refractivity contribution in [3.8, 4) is 0 Å². The Hall–Kier alpha value is -2.82. The van der Waals surface area contributed by atoms with E-state index in [0.717, 1.165) is 24.5 Å². The zero-order chi connectivity index (χ0) is 15.9. The van der Waals surface area contributed by atoms with E-state index < -0.39 is 0 Å². The first-order chi connectivity index (χ1) is 11.4. The molecule has 3 aromatic rings. The molecule has 0 aliphatic carbocycles. The molecule has 2 N–H and O–H groups in total. The minimum absolute atomic E-state index is 0.214. The summed E-state index contributed by atoms with van der Waals surface area (Å²) >= 11 is 0. The second-order valence-corrected chi connectivity index (χ2v) is 5.21. The van der Waals surface area contributed by atoms with Crippen LogP contribution >= 0.6 is 0 Å². The van der Waals surface area contributed by atoms with Crippen LogP contribution in [0.4, 0.5) is 11.8 Å². The van der Waals surface area contributed by atoms with Gasteiger partial charge in [0.25, 0.3) is 0 Å². The molecule has 0 amide bonds. The van der Waals surface area contributed by atoms with Crippen molar-refractivity contribution < 1.29 is 4.42 Å². The van der Waals surface area contributed by atoms with Crippen LogP contribution in [0.2, 0.25) is 0 Å². The summed E-state index contributed by atoms with van der Waals surface area (Å²) in [5.74, 6) is 2.62. The molecule has 3 rings (SSSR count). The van der Waals surface area contributed by atoms with E-state index in [1.165, 1.54) is 5.56 Å². The van der Waals surface area contributed by atoms with Gasteiger partial charge in [-0.3, -0.25) is 0 Å². The molecule has 1 aromatic carbocycles. The molecule has 0 radical (unpaired) electrons. The van der Waals surface area contributed by atoms with E-state index in [-0.39, 0.29) is 5.92 Å². The molecule has 5 nitrogen and oxygen atoms in total. The van der Waals surface area contributed by atoms with Crippen molar-refractivity contribution in [1.29, 1.82) is 0 Å². The molecule has 23 heavy (non-hydrogen) atoms. The van der Waals surface area contributed by atoms with E-state index in [2.05, 4.69) is 44.9 Å². The van der Waals surface area contributed by atoms with Crippen molar-refractivity contribution in [3.63, 3.8) is 0 Å². The Morgan fingerprint density at radius 2 is 1.96 bits per heavy atom. The summed E-state index contributed by atoms with van der Waals surface area (Å²) in [5, 5.41) is 6.29. The lowest BCUT2D eigenvalue weighted by Crippen LogP contribution is -2.11. The van der Waals surface area contributed by atoms with Crippen LogP contribution in [-0.2, 0) is 0 Å². The van der Waals surface area contributed by atoms with Gasteiger partial charge in [-0.05, 0) is 30.2 Å². The molecule has 0 aliphatic heterocycles. The lowest BCUT2D eigenvalue weighted by molar-refractivity contribution is 0.477. The van der Waals surface area contributed by atoms with Crippen molar-refractivity contribution in [3.05, 3.63) is 72.3 Å². The van der Waals surface area contributed by atoms with Crippen LogP contribution in [0.25, 0.3) is 0 Å². The molecule has 0 fully saturated rings. The van der Waals surface area contributed by atoms with Crippen LogP contribution in [0.15, 0.2) is 65.4 Å². The molecular formula is C18H20N4O. The standard InChI is InChI=1S/C18H20N4O/c1-19-17-10-12-21-18(22-17)20-11-9-15(16-8-5-13-23-16)14-6-3-2-4-7-14/h2-8,10,12-13,15H,9,11H2,1H3,(H2,19,20,21,22). The van der Waals surface area contributed by atoms with Crippen molar-refractivity contribution in [2.45, 2.75) is 12.3 Å². The van der Waals surface area contributed by atoms with Crippen LogP contribution in [0.5, 0.6) is 0 Å². The summed E-state index contributed by atoms with van der Waals surface area (Å²) in [5.41, 5.74) is 1.24. The Balaban J connectivity index is 1.67. The SMILES string of the molecule is CNc1ccnc(NCCC(c2ccccc2)c2ccco2)n1. The molecule has 5 heteroatoms. The number of nitrogens with zero attached hydrogens (tertiary/aromatic N) is 2. The molecule has 0 spiro atoms. The highest BCUT2D eigenvalue weighted by molar-refractivity contribution is 5.38. The highest BCUT2D eigenvalue weighted by Gasteiger charge is 2.16. The predicted octanol–water partition coefficient (Wildman–Crippen LogP) is 3.75. The Bertz CT molecular complexity index is 713. The summed E-state index contributed by atoms with van der Waals surface area (Å²) in [6.45, 7) is 0.757. The first-order valence-electron chi connectivity index (χ1n) is 7.70. The highest BCUT2D eigenvalue weighted by atomic mass is 16.3. The third-order valence-corrected chi connectivity index (χ3v) is 3.72. The van der Waals surface area contributed by atoms with Crippen LogP contribution in [-0.4, -0.2) is 23.6 Å². The minimum Gasteiger partial charge on any atom is -0.469 e. The summed E-state index contributed by atoms with van der Waals surface area (Å²) < 4.78 is 5.62. The topological polar surface area (TPSA) is 63.0 Å². The zero-order valence-corrected chi connectivity index (χ0v) is 13.1. The first kappa shape index (κ1) is 15.1. The minimum atomic E-state index is 0.214. The molecule has 0 bridgehead atoms. The van der Waals surface area contributed by atoms with Crippen LogP contribution in [0.1, 0.15) is 23.7 Å². The fourth-order valence-electron chi connectivity index (χ4n) is 2.56. The van der Waals surface area contributed by atoms with E-state index in [4.69, 9.17) is 4.42 Å². The molecule has 2 heterocycles.